The van der Waals surface area contributed by atoms with Crippen LogP contribution >= 0.6 is 0 Å². The molecule has 0 aliphatic carbocycles. The molecule has 0 fully saturated rings. The summed E-state index contributed by atoms with van der Waals surface area (Å²) in [5, 5.41) is 10.2. The molecular weight excluding hydrogens is 312 g/mol. The zero-order valence-corrected chi connectivity index (χ0v) is 13.0. The predicted octanol–water partition coefficient (Wildman–Crippen LogP) is 3.87. The van der Waals surface area contributed by atoms with E-state index in [0.29, 0.717) is 22.8 Å². The Hall–Kier alpha value is -3.09. The number of aromatic nitrogens is 3. The highest BCUT2D eigenvalue weighted by molar-refractivity contribution is 6.13. The van der Waals surface area contributed by atoms with E-state index in [1.807, 2.05) is 19.9 Å². The summed E-state index contributed by atoms with van der Waals surface area (Å²) in [6, 6.07) is 5.58. The van der Waals surface area contributed by atoms with Gasteiger partial charge in [0.2, 0.25) is 0 Å². The third-order valence-electron chi connectivity index (χ3n) is 3.89. The van der Waals surface area contributed by atoms with Gasteiger partial charge >= 0.3 is 0 Å². The lowest BCUT2D eigenvalue weighted by Crippen LogP contribution is -2.17. The van der Waals surface area contributed by atoms with Crippen LogP contribution in [0.1, 0.15) is 17.0 Å². The number of anilines is 1. The number of aromatic amines is 1. The number of fused-ring (bicyclic) bond motifs is 3. The molecule has 0 atom stereocenters. The van der Waals surface area contributed by atoms with E-state index in [4.69, 9.17) is 0 Å². The van der Waals surface area contributed by atoms with Gasteiger partial charge in [0.05, 0.1) is 23.1 Å². The number of nitrogens with zero attached hydrogens (tertiary/aromatic N) is 3. The van der Waals surface area contributed by atoms with Crippen LogP contribution in [0.3, 0.4) is 0 Å². The monoisotopic (exact) mass is 325 g/mol. The first-order chi connectivity index (χ1) is 11.5. The second-order valence-electron chi connectivity index (χ2n) is 5.60. The standard InChI is InChI=1S/C17H13F2N5/c1-8-6-10-13(7-20-8)21-17(14-11(18)4-3-5-12(14)19)22-15-9(2)23-24-16(10)15/h3-7H,1-2H3,(H,21,22)(H,23,24). The predicted molar refractivity (Wildman–Crippen MR) is 87.5 cm³/mol. The van der Waals surface area contributed by atoms with Crippen molar-refractivity contribution < 1.29 is 8.78 Å². The maximum Gasteiger partial charge on any atom is 0.144 e. The van der Waals surface area contributed by atoms with Crippen LogP contribution in [0.4, 0.5) is 20.2 Å². The Balaban J connectivity index is 2.01. The molecule has 0 amide bonds. The Morgan fingerprint density at radius 1 is 1.08 bits per heavy atom. The van der Waals surface area contributed by atoms with Crippen LogP contribution in [0.25, 0.3) is 11.3 Å². The lowest BCUT2D eigenvalue weighted by atomic mass is 10.1. The van der Waals surface area contributed by atoms with E-state index in [9.17, 15) is 8.78 Å². The number of aryl methyl sites for hydroxylation is 2. The van der Waals surface area contributed by atoms with Gasteiger partial charge < -0.3 is 5.32 Å². The fraction of sp³-hybridized carbons (Fsp3) is 0.118. The van der Waals surface area contributed by atoms with Crippen LogP contribution in [-0.4, -0.2) is 21.0 Å². The average Bonchev–Trinajstić information content (AvgIpc) is 2.81. The summed E-state index contributed by atoms with van der Waals surface area (Å²) in [6.07, 6.45) is 1.61. The molecule has 1 aliphatic heterocycles. The molecule has 120 valence electrons. The van der Waals surface area contributed by atoms with Crippen LogP contribution in [0, 0.1) is 25.5 Å². The number of halogens is 2. The highest BCUT2D eigenvalue weighted by Gasteiger charge is 2.24. The van der Waals surface area contributed by atoms with Gasteiger partial charge in [0, 0.05) is 11.3 Å². The van der Waals surface area contributed by atoms with Crippen molar-refractivity contribution in [2.75, 3.05) is 5.32 Å². The van der Waals surface area contributed by atoms with Crippen molar-refractivity contribution in [3.63, 3.8) is 0 Å². The maximum absolute atomic E-state index is 14.2. The lowest BCUT2D eigenvalue weighted by Gasteiger charge is -2.12. The van der Waals surface area contributed by atoms with Crippen LogP contribution in [0.5, 0.6) is 0 Å². The minimum atomic E-state index is -0.688. The highest BCUT2D eigenvalue weighted by Crippen LogP contribution is 2.38. The molecule has 3 aromatic rings. The van der Waals surface area contributed by atoms with Gasteiger partial charge in [-0.25, -0.2) is 13.8 Å². The Labute approximate surface area is 136 Å². The number of aliphatic imine (C=N–C) groups is 1. The Bertz CT molecular complexity index is 970. The van der Waals surface area contributed by atoms with E-state index in [-0.39, 0.29) is 11.4 Å². The second kappa shape index (κ2) is 5.23. The fourth-order valence-electron chi connectivity index (χ4n) is 2.71. The molecule has 1 aliphatic rings. The van der Waals surface area contributed by atoms with Gasteiger partial charge in [0.1, 0.15) is 28.9 Å². The number of rotatable bonds is 1. The van der Waals surface area contributed by atoms with Gasteiger partial charge in [-0.2, -0.15) is 5.10 Å². The Morgan fingerprint density at radius 2 is 1.83 bits per heavy atom. The van der Waals surface area contributed by atoms with Crippen LogP contribution < -0.4 is 5.32 Å². The molecule has 1 aromatic carbocycles. The maximum atomic E-state index is 14.2. The minimum Gasteiger partial charge on any atom is -0.338 e. The molecule has 0 saturated heterocycles. The molecule has 7 heteroatoms. The van der Waals surface area contributed by atoms with E-state index in [1.165, 1.54) is 18.2 Å². The van der Waals surface area contributed by atoms with Gasteiger partial charge in [-0.05, 0) is 32.0 Å². The molecule has 5 nitrogen and oxygen atoms in total. The SMILES string of the molecule is Cc1cc2c(cn1)NC(c1c(F)cccc1F)=Nc1c-2n[nH]c1C. The van der Waals surface area contributed by atoms with Crippen molar-refractivity contribution in [3.05, 3.63) is 59.0 Å². The van der Waals surface area contributed by atoms with Crippen molar-refractivity contribution in [2.24, 2.45) is 4.99 Å². The fourth-order valence-corrected chi connectivity index (χ4v) is 2.71. The summed E-state index contributed by atoms with van der Waals surface area (Å²) >= 11 is 0. The third-order valence-corrected chi connectivity index (χ3v) is 3.89. The summed E-state index contributed by atoms with van der Waals surface area (Å²) < 4.78 is 28.4. The topological polar surface area (TPSA) is 66.0 Å². The molecule has 0 bridgehead atoms. The largest absolute Gasteiger partial charge is 0.338 e. The summed E-state index contributed by atoms with van der Waals surface area (Å²) in [4.78, 5) is 8.68. The van der Waals surface area contributed by atoms with Crippen molar-refractivity contribution in [2.45, 2.75) is 13.8 Å². The van der Waals surface area contributed by atoms with E-state index in [0.717, 1.165) is 11.3 Å². The summed E-state index contributed by atoms with van der Waals surface area (Å²) in [7, 11) is 0. The number of H-pyrrole nitrogens is 1. The second-order valence-corrected chi connectivity index (χ2v) is 5.60. The zero-order valence-electron chi connectivity index (χ0n) is 13.0. The molecule has 0 saturated carbocycles. The van der Waals surface area contributed by atoms with Crippen LogP contribution in [0.2, 0.25) is 0 Å². The summed E-state index contributed by atoms with van der Waals surface area (Å²) in [6.45, 7) is 3.67. The number of pyridine rings is 1. The van der Waals surface area contributed by atoms with E-state index in [1.54, 1.807) is 6.20 Å². The molecular formula is C17H13F2N5. The normalized spacial score (nSPS) is 12.8. The zero-order chi connectivity index (χ0) is 16.8. The van der Waals surface area contributed by atoms with Crippen LogP contribution in [-0.2, 0) is 0 Å². The van der Waals surface area contributed by atoms with Gasteiger partial charge in [0.15, 0.2) is 0 Å². The lowest BCUT2D eigenvalue weighted by molar-refractivity contribution is 0.579. The van der Waals surface area contributed by atoms with Crippen molar-refractivity contribution in [1.29, 1.82) is 0 Å². The molecule has 0 unspecified atom stereocenters. The molecule has 24 heavy (non-hydrogen) atoms. The molecule has 0 radical (unpaired) electrons. The molecule has 0 spiro atoms. The first-order valence-corrected chi connectivity index (χ1v) is 7.36. The Kier molecular flexibility index (Phi) is 3.16. The number of nitrogens with one attached hydrogen (secondary N) is 2. The van der Waals surface area contributed by atoms with E-state index in [2.05, 4.69) is 25.5 Å². The average molecular weight is 325 g/mol. The third kappa shape index (κ3) is 2.17. The number of hydrogen-bond donors (Lipinski definition) is 2. The quantitative estimate of drug-likeness (QED) is 0.714. The van der Waals surface area contributed by atoms with E-state index < -0.39 is 11.6 Å². The Morgan fingerprint density at radius 3 is 2.58 bits per heavy atom. The highest BCUT2D eigenvalue weighted by atomic mass is 19.1. The molecule has 2 aromatic heterocycles. The number of benzene rings is 1. The van der Waals surface area contributed by atoms with Crippen LogP contribution in [0.15, 0.2) is 35.5 Å². The van der Waals surface area contributed by atoms with Gasteiger partial charge in [-0.1, -0.05) is 6.07 Å². The number of amidine groups is 1. The molecule has 3 heterocycles. The van der Waals surface area contributed by atoms with Crippen molar-refractivity contribution in [1.82, 2.24) is 15.2 Å². The van der Waals surface area contributed by atoms with E-state index >= 15 is 0 Å². The van der Waals surface area contributed by atoms with Gasteiger partial charge in [-0.3, -0.25) is 10.1 Å². The first-order valence-electron chi connectivity index (χ1n) is 7.36. The molecule has 2 N–H and O–H groups in total. The van der Waals surface area contributed by atoms with Crippen molar-refractivity contribution in [3.8, 4) is 11.3 Å². The smallest absolute Gasteiger partial charge is 0.144 e. The van der Waals surface area contributed by atoms with Gasteiger partial charge in [-0.15, -0.1) is 0 Å². The molecule has 4 rings (SSSR count). The van der Waals surface area contributed by atoms with Crippen molar-refractivity contribution >= 4 is 17.2 Å². The summed E-state index contributed by atoms with van der Waals surface area (Å²) in [5.41, 5.74) is 3.84. The first kappa shape index (κ1) is 14.5. The minimum absolute atomic E-state index is 0.0840. The summed E-state index contributed by atoms with van der Waals surface area (Å²) in [5.74, 6) is -1.29. The van der Waals surface area contributed by atoms with Gasteiger partial charge in [0.25, 0.3) is 0 Å². The number of hydrogen-bond acceptors (Lipinski definition) is 4.